The summed E-state index contributed by atoms with van der Waals surface area (Å²) in [7, 11) is 1.57. The Hall–Kier alpha value is -3.57. The van der Waals surface area contributed by atoms with Gasteiger partial charge in [0.1, 0.15) is 11.6 Å². The molecule has 1 aliphatic heterocycles. The molecule has 164 valence electrons. The molecule has 1 aliphatic rings. The van der Waals surface area contributed by atoms with Crippen LogP contribution in [0, 0.1) is 12.5 Å². The first-order valence-electron chi connectivity index (χ1n) is 10.2. The van der Waals surface area contributed by atoms with Crippen LogP contribution in [0.5, 0.6) is 5.75 Å². The second-order valence-corrected chi connectivity index (χ2v) is 8.01. The van der Waals surface area contributed by atoms with Gasteiger partial charge in [0.2, 0.25) is 5.95 Å². The number of piperidine rings is 1. The topological polar surface area (TPSA) is 91.9 Å². The summed E-state index contributed by atoms with van der Waals surface area (Å²) in [5.41, 5.74) is 2.18. The van der Waals surface area contributed by atoms with E-state index in [1.807, 2.05) is 29.2 Å². The number of hydrogen-bond acceptors (Lipinski definition) is 6. The number of carboxylic acids is 1. The third kappa shape index (κ3) is 4.53. The molecule has 0 bridgehead atoms. The van der Waals surface area contributed by atoms with Crippen molar-refractivity contribution in [2.45, 2.75) is 19.4 Å². The summed E-state index contributed by atoms with van der Waals surface area (Å²) in [6.45, 7) is 8.95. The van der Waals surface area contributed by atoms with Gasteiger partial charge in [-0.25, -0.2) is 9.83 Å². The van der Waals surface area contributed by atoms with Gasteiger partial charge in [-0.1, -0.05) is 23.7 Å². The maximum absolute atomic E-state index is 11.3. The van der Waals surface area contributed by atoms with Crippen LogP contribution in [0.2, 0.25) is 5.02 Å². The molecule has 8 nitrogen and oxygen atoms in total. The number of halogens is 1. The Balaban J connectivity index is 1.64. The van der Waals surface area contributed by atoms with Gasteiger partial charge in [0.25, 0.3) is 0 Å². The maximum atomic E-state index is 11.3. The summed E-state index contributed by atoms with van der Waals surface area (Å²) in [5.74, 6) is 0.688. The fourth-order valence-corrected chi connectivity index (χ4v) is 4.06. The zero-order valence-corrected chi connectivity index (χ0v) is 18.3. The molecule has 9 heteroatoms. The van der Waals surface area contributed by atoms with Gasteiger partial charge >= 0.3 is 5.97 Å². The van der Waals surface area contributed by atoms with Crippen LogP contribution < -0.4 is 15.0 Å². The summed E-state index contributed by atoms with van der Waals surface area (Å²) in [5, 5.41) is 13.9. The number of nitrogens with one attached hydrogen (secondary N) is 1. The summed E-state index contributed by atoms with van der Waals surface area (Å²) in [6.07, 6.45) is 1.11. The van der Waals surface area contributed by atoms with E-state index >= 15 is 0 Å². The molecule has 3 aromatic rings. The lowest BCUT2D eigenvalue weighted by molar-refractivity contribution is -0.142. The van der Waals surface area contributed by atoms with Crippen LogP contribution in [0.15, 0.2) is 36.4 Å². The van der Waals surface area contributed by atoms with Gasteiger partial charge in [0.15, 0.2) is 5.69 Å². The number of carboxylic acid groups (broad SMARTS) is 1. The van der Waals surface area contributed by atoms with Crippen molar-refractivity contribution >= 4 is 45.9 Å². The zero-order valence-electron chi connectivity index (χ0n) is 17.5. The SMILES string of the molecule is [C-]#[N+]c1ccc2nc(N3CCC(C(=O)O)CC3)nc(NCc3ccc(OC)c(Cl)c3)c2c1. The van der Waals surface area contributed by atoms with Gasteiger partial charge in [-0.05, 0) is 42.7 Å². The number of carbonyl (C=O) groups is 1. The quantitative estimate of drug-likeness (QED) is 0.522. The fourth-order valence-electron chi connectivity index (χ4n) is 3.78. The predicted octanol–water partition coefficient (Wildman–Crippen LogP) is 4.76. The summed E-state index contributed by atoms with van der Waals surface area (Å²) in [4.78, 5) is 26.2. The van der Waals surface area contributed by atoms with Crippen molar-refractivity contribution in [1.82, 2.24) is 9.97 Å². The smallest absolute Gasteiger partial charge is 0.306 e. The number of fused-ring (bicyclic) bond motifs is 1. The standard InChI is InChI=1S/C23H22ClN5O3/c1-25-16-4-5-19-17(12-16)21(26-13-14-3-6-20(32-2)18(24)11-14)28-23(27-19)29-9-7-15(8-10-29)22(30)31/h3-6,11-12,15H,7-10,13H2,2H3,(H,30,31)(H,26,27,28). The molecule has 0 radical (unpaired) electrons. The van der Waals surface area contributed by atoms with E-state index in [2.05, 4.69) is 15.1 Å². The van der Waals surface area contributed by atoms with E-state index in [4.69, 9.17) is 27.9 Å². The Kier molecular flexibility index (Phi) is 6.28. The lowest BCUT2D eigenvalue weighted by Gasteiger charge is -2.30. The fraction of sp³-hybridized carbons (Fsp3) is 0.304. The van der Waals surface area contributed by atoms with Gasteiger partial charge in [0.05, 0.1) is 30.1 Å². The van der Waals surface area contributed by atoms with Crippen molar-refractivity contribution < 1.29 is 14.6 Å². The van der Waals surface area contributed by atoms with Gasteiger partial charge in [0, 0.05) is 25.0 Å². The number of aliphatic carboxylic acids is 1. The lowest BCUT2D eigenvalue weighted by atomic mass is 9.97. The highest BCUT2D eigenvalue weighted by atomic mass is 35.5. The van der Waals surface area contributed by atoms with Gasteiger partial charge < -0.3 is 20.1 Å². The zero-order chi connectivity index (χ0) is 22.7. The summed E-state index contributed by atoms with van der Waals surface area (Å²) >= 11 is 6.25. The number of hydrogen-bond donors (Lipinski definition) is 2. The van der Waals surface area contributed by atoms with E-state index in [0.29, 0.717) is 60.7 Å². The Morgan fingerprint density at radius 1 is 1.28 bits per heavy atom. The van der Waals surface area contributed by atoms with Gasteiger partial charge in [-0.3, -0.25) is 4.79 Å². The molecule has 0 atom stereocenters. The second-order valence-electron chi connectivity index (χ2n) is 7.61. The molecular formula is C23H22ClN5O3. The normalized spacial score (nSPS) is 14.2. The number of methoxy groups -OCH3 is 1. The molecule has 2 aromatic carbocycles. The average Bonchev–Trinajstić information content (AvgIpc) is 2.82. The van der Waals surface area contributed by atoms with Crippen molar-refractivity contribution in [3.05, 3.63) is 58.4 Å². The lowest BCUT2D eigenvalue weighted by Crippen LogP contribution is -2.37. The maximum Gasteiger partial charge on any atom is 0.306 e. The molecule has 0 unspecified atom stereocenters. The highest BCUT2D eigenvalue weighted by molar-refractivity contribution is 6.32. The first-order chi connectivity index (χ1) is 15.5. The molecule has 0 amide bonds. The molecular weight excluding hydrogens is 430 g/mol. The third-order valence-electron chi connectivity index (χ3n) is 5.60. The Morgan fingerprint density at radius 3 is 2.72 bits per heavy atom. The van der Waals surface area contributed by atoms with Gasteiger partial charge in [-0.15, -0.1) is 0 Å². The first-order valence-corrected chi connectivity index (χ1v) is 10.6. The largest absolute Gasteiger partial charge is 0.495 e. The first kappa shape index (κ1) is 21.7. The molecule has 1 aromatic heterocycles. The van der Waals surface area contributed by atoms with E-state index in [1.165, 1.54) is 0 Å². The van der Waals surface area contributed by atoms with Crippen LogP contribution >= 0.6 is 11.6 Å². The van der Waals surface area contributed by atoms with Crippen LogP contribution in [-0.4, -0.2) is 41.2 Å². The predicted molar refractivity (Wildman–Crippen MR) is 124 cm³/mol. The minimum absolute atomic E-state index is 0.328. The number of nitrogens with zero attached hydrogens (tertiary/aromatic N) is 4. The van der Waals surface area contributed by atoms with E-state index in [1.54, 1.807) is 19.2 Å². The van der Waals surface area contributed by atoms with Crippen LogP contribution in [0.1, 0.15) is 18.4 Å². The number of rotatable bonds is 6. The molecule has 0 spiro atoms. The molecule has 1 saturated heterocycles. The van der Waals surface area contributed by atoms with Crippen molar-refractivity contribution in [3.63, 3.8) is 0 Å². The van der Waals surface area contributed by atoms with E-state index in [9.17, 15) is 9.90 Å². The van der Waals surface area contributed by atoms with Crippen LogP contribution in [0.3, 0.4) is 0 Å². The number of anilines is 2. The number of aromatic nitrogens is 2. The average molecular weight is 452 g/mol. The van der Waals surface area contributed by atoms with Crippen molar-refractivity contribution in [2.75, 3.05) is 30.4 Å². The third-order valence-corrected chi connectivity index (χ3v) is 5.90. The van der Waals surface area contributed by atoms with Crippen molar-refractivity contribution in [3.8, 4) is 5.75 Å². The highest BCUT2D eigenvalue weighted by Gasteiger charge is 2.26. The minimum atomic E-state index is -0.753. The summed E-state index contributed by atoms with van der Waals surface area (Å²) in [6, 6.07) is 10.9. The van der Waals surface area contributed by atoms with Gasteiger partial charge in [-0.2, -0.15) is 4.98 Å². The van der Waals surface area contributed by atoms with Crippen LogP contribution in [0.25, 0.3) is 15.7 Å². The van der Waals surface area contributed by atoms with Crippen molar-refractivity contribution in [2.24, 2.45) is 5.92 Å². The van der Waals surface area contributed by atoms with Crippen LogP contribution in [-0.2, 0) is 11.3 Å². The van der Waals surface area contributed by atoms with Crippen molar-refractivity contribution in [1.29, 1.82) is 0 Å². The number of ether oxygens (including phenoxy) is 1. The minimum Gasteiger partial charge on any atom is -0.495 e. The molecule has 0 aliphatic carbocycles. The summed E-state index contributed by atoms with van der Waals surface area (Å²) < 4.78 is 5.21. The highest BCUT2D eigenvalue weighted by Crippen LogP contribution is 2.30. The molecule has 1 fully saturated rings. The second kappa shape index (κ2) is 9.28. The molecule has 2 N–H and O–H groups in total. The molecule has 4 rings (SSSR count). The Bertz CT molecular complexity index is 1200. The van der Waals surface area contributed by atoms with E-state index < -0.39 is 5.97 Å². The molecule has 0 saturated carbocycles. The van der Waals surface area contributed by atoms with E-state index in [0.717, 1.165) is 16.5 Å². The monoisotopic (exact) mass is 451 g/mol. The number of benzene rings is 2. The van der Waals surface area contributed by atoms with E-state index in [-0.39, 0.29) is 5.92 Å². The molecule has 32 heavy (non-hydrogen) atoms. The Morgan fingerprint density at radius 2 is 2.06 bits per heavy atom. The van der Waals surface area contributed by atoms with Crippen LogP contribution in [0.4, 0.5) is 17.5 Å². The Labute approximate surface area is 190 Å². The molecule has 2 heterocycles.